The topological polar surface area (TPSA) is 81.9 Å². The van der Waals surface area contributed by atoms with Gasteiger partial charge in [0, 0.05) is 0 Å². The number of thioether (sulfide) groups is 1. The average Bonchev–Trinajstić information content (AvgIpc) is 2.95. The van der Waals surface area contributed by atoms with Crippen molar-refractivity contribution in [2.24, 2.45) is 5.73 Å². The number of carbonyl (C=O) groups is 2. The maximum absolute atomic E-state index is 12.8. The molecule has 2 N–H and O–H groups in total. The second-order valence-corrected chi connectivity index (χ2v) is 7.59. The molecule has 2 amide bonds. The lowest BCUT2D eigenvalue weighted by Crippen LogP contribution is -2.27. The molecule has 1 aliphatic heterocycles. The summed E-state index contributed by atoms with van der Waals surface area (Å²) in [6.07, 6.45) is 1.75. The average molecular weight is 415 g/mol. The van der Waals surface area contributed by atoms with Crippen molar-refractivity contribution >= 4 is 46.2 Å². The predicted octanol–water partition coefficient (Wildman–Crippen LogP) is 2.96. The van der Waals surface area contributed by atoms with Gasteiger partial charge in [-0.2, -0.15) is 0 Å². The number of thiocarbonyl (C=S) groups is 1. The molecule has 2 aromatic carbocycles. The van der Waals surface area contributed by atoms with E-state index in [4.69, 9.17) is 27.4 Å². The van der Waals surface area contributed by atoms with E-state index in [0.717, 1.165) is 11.1 Å². The van der Waals surface area contributed by atoms with Crippen LogP contribution in [-0.4, -0.2) is 34.8 Å². The van der Waals surface area contributed by atoms with Gasteiger partial charge in [-0.05, 0) is 29.3 Å². The Kier molecular flexibility index (Phi) is 6.33. The molecule has 0 aromatic heterocycles. The van der Waals surface area contributed by atoms with Crippen LogP contribution in [0.1, 0.15) is 11.1 Å². The molecule has 0 bridgehead atoms. The van der Waals surface area contributed by atoms with Gasteiger partial charge in [0.15, 0.2) is 18.1 Å². The van der Waals surface area contributed by atoms with Crippen LogP contribution < -0.4 is 15.2 Å². The van der Waals surface area contributed by atoms with Crippen LogP contribution >= 0.6 is 24.0 Å². The van der Waals surface area contributed by atoms with Crippen LogP contribution in [0.25, 0.3) is 6.08 Å². The molecule has 1 fully saturated rings. The largest absolute Gasteiger partial charge is 0.493 e. The number of methoxy groups -OCH3 is 1. The van der Waals surface area contributed by atoms with E-state index in [9.17, 15) is 9.59 Å². The third-order valence-corrected chi connectivity index (χ3v) is 5.29. The molecule has 2 aromatic rings. The highest BCUT2D eigenvalue weighted by molar-refractivity contribution is 8.26. The van der Waals surface area contributed by atoms with Crippen LogP contribution in [0, 0.1) is 0 Å². The first-order chi connectivity index (χ1) is 13.5. The van der Waals surface area contributed by atoms with Crippen molar-refractivity contribution < 1.29 is 19.1 Å². The Morgan fingerprint density at radius 2 is 1.96 bits per heavy atom. The quantitative estimate of drug-likeness (QED) is 0.554. The van der Waals surface area contributed by atoms with Crippen molar-refractivity contribution in [3.63, 3.8) is 0 Å². The van der Waals surface area contributed by atoms with E-state index in [1.165, 1.54) is 18.9 Å². The zero-order valence-corrected chi connectivity index (χ0v) is 16.7. The van der Waals surface area contributed by atoms with Crippen LogP contribution in [0.5, 0.6) is 11.5 Å². The molecule has 0 spiro atoms. The van der Waals surface area contributed by atoms with Crippen LogP contribution in [-0.2, 0) is 16.1 Å². The zero-order chi connectivity index (χ0) is 20.1. The minimum absolute atomic E-state index is 0.133. The predicted molar refractivity (Wildman–Crippen MR) is 113 cm³/mol. The summed E-state index contributed by atoms with van der Waals surface area (Å²) < 4.78 is 11.1. The number of primary amides is 1. The Hall–Kier alpha value is -2.84. The summed E-state index contributed by atoms with van der Waals surface area (Å²) in [5, 5.41) is 0. The molecule has 0 saturated carbocycles. The van der Waals surface area contributed by atoms with Gasteiger partial charge in [0.05, 0.1) is 18.6 Å². The van der Waals surface area contributed by atoms with Gasteiger partial charge in [0.1, 0.15) is 4.32 Å². The highest BCUT2D eigenvalue weighted by Crippen LogP contribution is 2.35. The van der Waals surface area contributed by atoms with Crippen molar-refractivity contribution in [1.29, 1.82) is 0 Å². The first-order valence-corrected chi connectivity index (χ1v) is 9.59. The summed E-state index contributed by atoms with van der Waals surface area (Å²) in [5.41, 5.74) is 6.86. The SMILES string of the molecule is COc1cc(C=C2SC(=S)N(Cc3ccccc3)C2=O)ccc1OCC(N)=O. The molecule has 6 nitrogen and oxygen atoms in total. The Morgan fingerprint density at radius 1 is 1.21 bits per heavy atom. The van der Waals surface area contributed by atoms with Gasteiger partial charge < -0.3 is 15.2 Å². The molecule has 1 saturated heterocycles. The lowest BCUT2D eigenvalue weighted by atomic mass is 10.1. The normalized spacial score (nSPS) is 15.2. The fourth-order valence-corrected chi connectivity index (χ4v) is 3.85. The smallest absolute Gasteiger partial charge is 0.266 e. The molecule has 0 aliphatic carbocycles. The Balaban J connectivity index is 1.78. The van der Waals surface area contributed by atoms with Gasteiger partial charge in [-0.1, -0.05) is 60.4 Å². The molecular weight excluding hydrogens is 396 g/mol. The third kappa shape index (κ3) is 4.71. The number of ether oxygens (including phenoxy) is 2. The number of benzene rings is 2. The van der Waals surface area contributed by atoms with E-state index in [-0.39, 0.29) is 12.5 Å². The molecular formula is C20H18N2O4S2. The van der Waals surface area contributed by atoms with E-state index in [1.807, 2.05) is 30.3 Å². The molecule has 28 heavy (non-hydrogen) atoms. The summed E-state index contributed by atoms with van der Waals surface area (Å²) in [5.74, 6) is 0.130. The monoisotopic (exact) mass is 414 g/mol. The molecule has 8 heteroatoms. The first kappa shape index (κ1) is 19.9. The fraction of sp³-hybridized carbons (Fsp3) is 0.150. The van der Waals surface area contributed by atoms with E-state index >= 15 is 0 Å². The standard InChI is InChI=1S/C20H18N2O4S2/c1-25-16-9-14(7-8-15(16)26-12-18(21)23)10-17-19(24)22(20(27)28-17)11-13-5-3-2-4-6-13/h2-10H,11-12H2,1H3,(H2,21,23). The lowest BCUT2D eigenvalue weighted by Gasteiger charge is -2.14. The fourth-order valence-electron chi connectivity index (χ4n) is 2.60. The highest BCUT2D eigenvalue weighted by atomic mass is 32.2. The molecule has 3 rings (SSSR count). The summed E-state index contributed by atoms with van der Waals surface area (Å²) in [4.78, 5) is 25.8. The van der Waals surface area contributed by atoms with E-state index in [2.05, 4.69) is 0 Å². The summed E-state index contributed by atoms with van der Waals surface area (Å²) in [7, 11) is 1.50. The van der Waals surface area contributed by atoms with Crippen molar-refractivity contribution in [1.82, 2.24) is 4.90 Å². The number of rotatable bonds is 7. The third-order valence-electron chi connectivity index (χ3n) is 3.91. The number of carbonyl (C=O) groups excluding carboxylic acids is 2. The zero-order valence-electron chi connectivity index (χ0n) is 15.1. The van der Waals surface area contributed by atoms with Crippen molar-refractivity contribution in [2.45, 2.75) is 6.54 Å². The Bertz CT molecular complexity index is 944. The molecule has 1 heterocycles. The summed E-state index contributed by atoms with van der Waals surface area (Å²) >= 11 is 6.64. The molecule has 0 radical (unpaired) electrons. The number of amides is 2. The van der Waals surface area contributed by atoms with Gasteiger partial charge in [0.25, 0.3) is 11.8 Å². The van der Waals surface area contributed by atoms with Crippen molar-refractivity contribution in [3.05, 3.63) is 64.6 Å². The Labute approximate surface area is 172 Å². The second-order valence-electron chi connectivity index (χ2n) is 5.92. The molecule has 144 valence electrons. The minimum Gasteiger partial charge on any atom is -0.493 e. The van der Waals surface area contributed by atoms with Crippen LogP contribution in [0.3, 0.4) is 0 Å². The van der Waals surface area contributed by atoms with Gasteiger partial charge in [-0.25, -0.2) is 0 Å². The minimum atomic E-state index is -0.576. The van der Waals surface area contributed by atoms with Gasteiger partial charge in [-0.3, -0.25) is 14.5 Å². The summed E-state index contributed by atoms with van der Waals surface area (Å²) in [6, 6.07) is 14.8. The van der Waals surface area contributed by atoms with Crippen LogP contribution in [0.4, 0.5) is 0 Å². The number of nitrogens with two attached hydrogens (primary N) is 1. The number of hydrogen-bond acceptors (Lipinski definition) is 6. The summed E-state index contributed by atoms with van der Waals surface area (Å²) in [6.45, 7) is 0.194. The maximum Gasteiger partial charge on any atom is 0.266 e. The molecule has 1 aliphatic rings. The van der Waals surface area contributed by atoms with Gasteiger partial charge in [0.2, 0.25) is 0 Å². The van der Waals surface area contributed by atoms with Crippen molar-refractivity contribution in [2.75, 3.05) is 13.7 Å². The van der Waals surface area contributed by atoms with Crippen molar-refractivity contribution in [3.8, 4) is 11.5 Å². The van der Waals surface area contributed by atoms with E-state index < -0.39 is 5.91 Å². The number of nitrogens with zero attached hydrogens (tertiary/aromatic N) is 1. The van der Waals surface area contributed by atoms with Crippen LogP contribution in [0.2, 0.25) is 0 Å². The first-order valence-electron chi connectivity index (χ1n) is 8.36. The van der Waals surface area contributed by atoms with E-state index in [0.29, 0.717) is 27.3 Å². The molecule has 0 unspecified atom stereocenters. The van der Waals surface area contributed by atoms with Gasteiger partial charge >= 0.3 is 0 Å². The maximum atomic E-state index is 12.8. The number of hydrogen-bond donors (Lipinski definition) is 1. The van der Waals surface area contributed by atoms with Gasteiger partial charge in [-0.15, -0.1) is 0 Å². The molecule has 0 atom stereocenters. The lowest BCUT2D eigenvalue weighted by molar-refractivity contribution is -0.122. The second kappa shape index (κ2) is 8.90. The highest BCUT2D eigenvalue weighted by Gasteiger charge is 2.32. The van der Waals surface area contributed by atoms with E-state index in [1.54, 1.807) is 29.2 Å². The van der Waals surface area contributed by atoms with Crippen LogP contribution in [0.15, 0.2) is 53.4 Å². The Morgan fingerprint density at radius 3 is 2.64 bits per heavy atom.